The first-order valence-corrected chi connectivity index (χ1v) is 16.3. The molecule has 0 aliphatic heterocycles. The van der Waals surface area contributed by atoms with E-state index in [1.165, 1.54) is 0 Å². The van der Waals surface area contributed by atoms with Gasteiger partial charge < -0.3 is 10.2 Å². The highest BCUT2D eigenvalue weighted by Gasteiger charge is 2.47. The van der Waals surface area contributed by atoms with E-state index < -0.39 is 16.3 Å². The minimum absolute atomic E-state index is 0.0140. The van der Waals surface area contributed by atoms with Gasteiger partial charge in [-0.2, -0.15) is 0 Å². The Morgan fingerprint density at radius 3 is 1.41 bits per heavy atom. The molecule has 1 aliphatic carbocycles. The first-order valence-electron chi connectivity index (χ1n) is 15.1. The van der Waals surface area contributed by atoms with E-state index in [2.05, 4.69) is 42.5 Å². The van der Waals surface area contributed by atoms with E-state index in [9.17, 15) is 19.8 Å². The van der Waals surface area contributed by atoms with Crippen molar-refractivity contribution in [2.75, 3.05) is 0 Å². The maximum atomic E-state index is 12.1. The zero-order valence-electron chi connectivity index (χ0n) is 25.4. The molecule has 1 aliphatic rings. The Morgan fingerprint density at radius 2 is 0.935 bits per heavy atom. The van der Waals surface area contributed by atoms with Gasteiger partial charge >= 0.3 is 0 Å². The fourth-order valence-electron chi connectivity index (χ4n) is 6.66. The van der Waals surface area contributed by atoms with Crippen molar-refractivity contribution in [3.63, 3.8) is 0 Å². The van der Waals surface area contributed by atoms with E-state index >= 15 is 0 Å². The van der Waals surface area contributed by atoms with E-state index in [4.69, 9.17) is 0 Å². The van der Waals surface area contributed by atoms with Gasteiger partial charge in [0.2, 0.25) is 0 Å². The van der Waals surface area contributed by atoms with Gasteiger partial charge in [-0.25, -0.2) is 0 Å². The van der Waals surface area contributed by atoms with E-state index in [0.717, 1.165) is 48.1 Å². The van der Waals surface area contributed by atoms with Crippen LogP contribution in [0.5, 0.6) is 11.5 Å². The summed E-state index contributed by atoms with van der Waals surface area (Å²) in [7, 11) is -0.571. The quantitative estimate of drug-likeness (QED) is 0.138. The third-order valence-electron chi connectivity index (χ3n) is 8.85. The number of fused-ring (bicyclic) bond motifs is 3. The Labute approximate surface area is 271 Å². The molecule has 0 spiro atoms. The summed E-state index contributed by atoms with van der Waals surface area (Å²) in [4.78, 5) is 27.4. The normalized spacial score (nSPS) is 12.8. The molecule has 6 aromatic carbocycles. The third kappa shape index (κ3) is 4.81. The molecule has 6 aromatic rings. The van der Waals surface area contributed by atoms with Crippen molar-refractivity contribution in [2.24, 2.45) is 0 Å². The molecule has 224 valence electrons. The first kappa shape index (κ1) is 29.3. The number of phenolic OH excluding ortho intramolecular Hbond substituents is 2. The van der Waals surface area contributed by atoms with Crippen LogP contribution in [0.15, 0.2) is 154 Å². The molecule has 46 heavy (non-hydrogen) atoms. The van der Waals surface area contributed by atoms with Crippen LogP contribution in [-0.4, -0.2) is 21.8 Å². The van der Waals surface area contributed by atoms with Gasteiger partial charge in [0.15, 0.2) is 26.3 Å². The van der Waals surface area contributed by atoms with Gasteiger partial charge in [0.25, 0.3) is 0 Å². The first-order chi connectivity index (χ1) is 22.3. The van der Waals surface area contributed by atoms with Gasteiger partial charge in [-0.3, -0.25) is 9.59 Å². The van der Waals surface area contributed by atoms with E-state index in [1.807, 2.05) is 72.8 Å². The summed E-state index contributed by atoms with van der Waals surface area (Å²) in [6.07, 6.45) is 0. The Bertz CT molecular complexity index is 1990. The minimum Gasteiger partial charge on any atom is -0.508 e. The summed E-state index contributed by atoms with van der Waals surface area (Å²) < 4.78 is 0. The van der Waals surface area contributed by atoms with Crippen molar-refractivity contribution in [3.8, 4) is 22.6 Å². The summed E-state index contributed by atoms with van der Waals surface area (Å²) in [5.74, 6) is 0.407. The highest BCUT2D eigenvalue weighted by atomic mass is 32.2. The molecule has 0 unspecified atom stereocenters. The van der Waals surface area contributed by atoms with Crippen LogP contribution in [0, 0.1) is 0 Å². The Morgan fingerprint density at radius 1 is 0.500 bits per heavy atom. The number of ketones is 2. The molecule has 0 amide bonds. The predicted octanol–water partition coefficient (Wildman–Crippen LogP) is 8.96. The van der Waals surface area contributed by atoms with Crippen LogP contribution >= 0.6 is 0 Å². The fraction of sp³-hybridized carbons (Fsp3) is 0.0732. The van der Waals surface area contributed by atoms with Crippen molar-refractivity contribution in [3.05, 3.63) is 173 Å². The maximum absolute atomic E-state index is 12.1. The number of hydrogen-bond acceptors (Lipinski definition) is 4. The van der Waals surface area contributed by atoms with Gasteiger partial charge in [-0.15, -0.1) is 0 Å². The van der Waals surface area contributed by atoms with Crippen molar-refractivity contribution < 1.29 is 19.8 Å². The number of carbonyl (C=O) groups excluding carboxylic acids is 2. The molecule has 0 bridgehead atoms. The molecule has 0 saturated heterocycles. The molecule has 5 heteroatoms. The van der Waals surface area contributed by atoms with Gasteiger partial charge in [-0.1, -0.05) is 48.5 Å². The lowest BCUT2D eigenvalue weighted by Crippen LogP contribution is -2.28. The standard InChI is InChI=1S/C41H30O4S/c1-26(42)28-7-19-34(20-8-28)46(35-21-9-29(10-22-35)27(2)43)36-23-24-38-37-5-3-4-6-39(37)41(40(38)25-36,30-11-15-32(44)16-12-30)31-13-17-33(45)18-14-31/h3-25H,1-2H3,(H-,44,45)/p+1. The largest absolute Gasteiger partial charge is 0.508 e. The molecule has 0 atom stereocenters. The van der Waals surface area contributed by atoms with Gasteiger partial charge in [0.1, 0.15) is 11.5 Å². The Balaban J connectivity index is 1.51. The van der Waals surface area contributed by atoms with Crippen LogP contribution in [-0.2, 0) is 16.3 Å². The highest BCUT2D eigenvalue weighted by Crippen LogP contribution is 2.57. The number of aromatic hydroxyl groups is 2. The topological polar surface area (TPSA) is 74.6 Å². The van der Waals surface area contributed by atoms with Crippen molar-refractivity contribution in [1.82, 2.24) is 0 Å². The zero-order chi connectivity index (χ0) is 32.0. The molecular formula is C41H31O4S+. The summed E-state index contributed by atoms with van der Waals surface area (Å²) in [6.45, 7) is 3.14. The highest BCUT2D eigenvalue weighted by molar-refractivity contribution is 7.97. The van der Waals surface area contributed by atoms with Crippen molar-refractivity contribution in [2.45, 2.75) is 33.9 Å². The zero-order valence-corrected chi connectivity index (χ0v) is 26.2. The second-order valence-corrected chi connectivity index (χ2v) is 13.6. The number of Topliss-reactive ketones (excluding diaryl/α,β-unsaturated/α-hetero) is 2. The van der Waals surface area contributed by atoms with Crippen LogP contribution in [0.1, 0.15) is 56.8 Å². The molecule has 0 aromatic heterocycles. The van der Waals surface area contributed by atoms with Gasteiger partial charge in [-0.05, 0) is 138 Å². The van der Waals surface area contributed by atoms with E-state index in [1.54, 1.807) is 38.1 Å². The monoisotopic (exact) mass is 619 g/mol. The molecule has 4 nitrogen and oxygen atoms in total. The average molecular weight is 620 g/mol. The molecule has 0 heterocycles. The number of phenols is 2. The summed E-state index contributed by atoms with van der Waals surface area (Å²) in [5.41, 5.74) is 7.03. The number of rotatable bonds is 7. The molecule has 0 saturated carbocycles. The summed E-state index contributed by atoms with van der Waals surface area (Å²) in [5, 5.41) is 20.6. The molecule has 0 fully saturated rings. The fourth-order valence-corrected chi connectivity index (χ4v) is 8.73. The van der Waals surface area contributed by atoms with Crippen molar-refractivity contribution >= 4 is 22.5 Å². The lowest BCUT2D eigenvalue weighted by molar-refractivity contribution is 0.100. The van der Waals surface area contributed by atoms with E-state index in [-0.39, 0.29) is 23.1 Å². The Hall–Kier alpha value is -5.39. The summed E-state index contributed by atoms with van der Waals surface area (Å²) in [6, 6.07) is 45.5. The lowest BCUT2D eigenvalue weighted by atomic mass is 9.67. The SMILES string of the molecule is CC(=O)c1ccc([S+](c2ccc(C(C)=O)cc2)c2ccc3c(c2)C(c2ccc(O)cc2)(c2ccc(O)cc2)c2ccccc2-3)cc1. The Kier molecular flexibility index (Phi) is 7.34. The number of hydrogen-bond donors (Lipinski definition) is 2. The van der Waals surface area contributed by atoms with Crippen LogP contribution in [0.4, 0.5) is 0 Å². The second-order valence-electron chi connectivity index (χ2n) is 11.6. The van der Waals surface area contributed by atoms with Crippen LogP contribution in [0.25, 0.3) is 11.1 Å². The maximum Gasteiger partial charge on any atom is 0.166 e. The molecule has 7 rings (SSSR count). The van der Waals surface area contributed by atoms with Crippen molar-refractivity contribution in [1.29, 1.82) is 0 Å². The van der Waals surface area contributed by atoms with Crippen LogP contribution in [0.2, 0.25) is 0 Å². The second kappa shape index (κ2) is 11.5. The molecule has 0 radical (unpaired) electrons. The van der Waals surface area contributed by atoms with Gasteiger partial charge in [0.05, 0.1) is 16.3 Å². The number of benzene rings is 6. The third-order valence-corrected chi connectivity index (χ3v) is 11.1. The van der Waals surface area contributed by atoms with Crippen LogP contribution in [0.3, 0.4) is 0 Å². The lowest BCUT2D eigenvalue weighted by Gasteiger charge is -2.34. The minimum atomic E-state index is -0.727. The summed E-state index contributed by atoms with van der Waals surface area (Å²) >= 11 is 0. The molecule has 2 N–H and O–H groups in total. The molecular weight excluding hydrogens is 589 g/mol. The number of carbonyl (C=O) groups is 2. The van der Waals surface area contributed by atoms with Gasteiger partial charge in [0, 0.05) is 11.1 Å². The smallest absolute Gasteiger partial charge is 0.166 e. The average Bonchev–Trinajstić information content (AvgIpc) is 3.36. The van der Waals surface area contributed by atoms with E-state index in [0.29, 0.717) is 11.1 Å². The van der Waals surface area contributed by atoms with Crippen LogP contribution < -0.4 is 0 Å². The predicted molar refractivity (Wildman–Crippen MR) is 182 cm³/mol.